The normalized spacial score (nSPS) is 13.9. The first-order chi connectivity index (χ1) is 23.3. The fourth-order valence-electron chi connectivity index (χ4n) is 5.10. The second kappa shape index (κ2) is 21.1. The number of hydrogen-bond acceptors (Lipinski definition) is 9. The first-order valence-electron chi connectivity index (χ1n) is 16.2. The summed E-state index contributed by atoms with van der Waals surface area (Å²) in [6.07, 6.45) is -0.429. The lowest BCUT2D eigenvalue weighted by atomic mass is 9.89. The molecule has 5 atom stereocenters. The van der Waals surface area contributed by atoms with E-state index in [4.69, 9.17) is 11.5 Å². The van der Waals surface area contributed by atoms with Crippen LogP contribution < -0.4 is 27.4 Å². The van der Waals surface area contributed by atoms with Crippen molar-refractivity contribution in [2.24, 2.45) is 23.3 Å². The topological polar surface area (TPSA) is 248 Å². The molecule has 266 valence electrons. The van der Waals surface area contributed by atoms with Gasteiger partial charge in [-0.15, -0.1) is 0 Å². The second-order valence-electron chi connectivity index (χ2n) is 11.9. The number of nitrogens with one attached hydrogen (secondary N) is 3. The Balaban J connectivity index is 2.17. The molecule has 0 saturated carbocycles. The largest absolute Gasteiger partial charge is 0.481 e. The van der Waals surface area contributed by atoms with Gasteiger partial charge in [0.2, 0.25) is 17.7 Å². The summed E-state index contributed by atoms with van der Waals surface area (Å²) in [6.45, 7) is 1.47. The van der Waals surface area contributed by atoms with E-state index in [9.17, 15) is 43.8 Å². The van der Waals surface area contributed by atoms with Gasteiger partial charge in [-0.25, -0.2) is 0 Å². The molecule has 2 aromatic carbocycles. The average Bonchev–Trinajstić information content (AvgIpc) is 3.07. The molecule has 0 bridgehead atoms. The first kappa shape index (κ1) is 40.2. The molecule has 0 aliphatic rings. The van der Waals surface area contributed by atoms with Crippen LogP contribution in [0.3, 0.4) is 0 Å². The van der Waals surface area contributed by atoms with Crippen molar-refractivity contribution in [1.82, 2.24) is 16.0 Å². The van der Waals surface area contributed by atoms with Crippen molar-refractivity contribution < 1.29 is 43.8 Å². The standard InChI is InChI=1S/C35H47N5O9/c1-2-24(35(48)49)18-29(41)28(20-32(44)45)40-34(47)26(37)21-38-33(46)25(16-22-10-5-3-6-11-22)19-30(42)27(39-31(43)14-9-15-36)17-23-12-7-4-8-13-23/h3-8,10-13,24-28H,2,9,14-21,36-37H2,1H3,(H,38,46)(H,39,43)(H,40,47)(H,44,45)(H,48,49)/t24-,25-,26+,27+,28+/m1/s1. The summed E-state index contributed by atoms with van der Waals surface area (Å²) < 4.78 is 0. The maximum atomic E-state index is 13.7. The third-order valence-corrected chi connectivity index (χ3v) is 7.96. The zero-order valence-electron chi connectivity index (χ0n) is 27.6. The highest BCUT2D eigenvalue weighted by molar-refractivity contribution is 5.95. The van der Waals surface area contributed by atoms with Crippen LogP contribution in [0.5, 0.6) is 0 Å². The van der Waals surface area contributed by atoms with Gasteiger partial charge in [-0.2, -0.15) is 0 Å². The van der Waals surface area contributed by atoms with Gasteiger partial charge in [-0.3, -0.25) is 33.6 Å². The van der Waals surface area contributed by atoms with E-state index in [0.717, 1.165) is 11.1 Å². The lowest BCUT2D eigenvalue weighted by molar-refractivity contribution is -0.144. The highest BCUT2D eigenvalue weighted by Crippen LogP contribution is 2.17. The molecule has 9 N–H and O–H groups in total. The van der Waals surface area contributed by atoms with Gasteiger partial charge >= 0.3 is 11.9 Å². The van der Waals surface area contributed by atoms with Gasteiger partial charge in [0.05, 0.1) is 24.4 Å². The maximum Gasteiger partial charge on any atom is 0.306 e. The minimum atomic E-state index is -1.52. The Morgan fingerprint density at radius 3 is 1.80 bits per heavy atom. The van der Waals surface area contributed by atoms with Crippen LogP contribution in [0.15, 0.2) is 60.7 Å². The molecule has 2 aromatic rings. The van der Waals surface area contributed by atoms with Crippen LogP contribution in [0.2, 0.25) is 0 Å². The predicted molar refractivity (Wildman–Crippen MR) is 180 cm³/mol. The quantitative estimate of drug-likeness (QED) is 0.0862. The molecule has 49 heavy (non-hydrogen) atoms. The summed E-state index contributed by atoms with van der Waals surface area (Å²) in [4.78, 5) is 88.1. The number of benzene rings is 2. The third kappa shape index (κ3) is 14.8. The monoisotopic (exact) mass is 681 g/mol. The van der Waals surface area contributed by atoms with Gasteiger partial charge in [0.15, 0.2) is 11.6 Å². The van der Waals surface area contributed by atoms with Crippen molar-refractivity contribution in [2.45, 2.75) is 76.4 Å². The van der Waals surface area contributed by atoms with Gasteiger partial charge < -0.3 is 37.6 Å². The molecule has 2 rings (SSSR count). The molecule has 0 unspecified atom stereocenters. The van der Waals surface area contributed by atoms with Crippen molar-refractivity contribution >= 4 is 41.2 Å². The lowest BCUT2D eigenvalue weighted by Crippen LogP contribution is -2.53. The minimum absolute atomic E-state index is 0.126. The molecule has 0 heterocycles. The molecule has 0 aliphatic heterocycles. The van der Waals surface area contributed by atoms with Crippen LogP contribution in [-0.2, 0) is 46.4 Å². The van der Waals surface area contributed by atoms with E-state index in [0.29, 0.717) is 13.0 Å². The van der Waals surface area contributed by atoms with Crippen molar-refractivity contribution in [3.05, 3.63) is 71.8 Å². The smallest absolute Gasteiger partial charge is 0.306 e. The number of Topliss-reactive ketones (excluding diaryl/α,β-unsaturated/α-hetero) is 2. The van der Waals surface area contributed by atoms with Crippen molar-refractivity contribution in [1.29, 1.82) is 0 Å². The molecule has 0 aromatic heterocycles. The van der Waals surface area contributed by atoms with E-state index in [-0.39, 0.29) is 43.8 Å². The maximum absolute atomic E-state index is 13.7. The van der Waals surface area contributed by atoms with Gasteiger partial charge in [0.1, 0.15) is 6.04 Å². The second-order valence-corrected chi connectivity index (χ2v) is 11.9. The fraction of sp³-hybridized carbons (Fsp3) is 0.457. The summed E-state index contributed by atoms with van der Waals surface area (Å²) in [5.41, 5.74) is 13.1. The van der Waals surface area contributed by atoms with Gasteiger partial charge in [-0.05, 0) is 43.4 Å². The van der Waals surface area contributed by atoms with Gasteiger partial charge in [0.25, 0.3) is 0 Å². The number of carbonyl (C=O) groups excluding carboxylic acids is 5. The Kier molecular flexibility index (Phi) is 17.3. The van der Waals surface area contributed by atoms with Crippen LogP contribution in [0.25, 0.3) is 0 Å². The molecular formula is C35H47N5O9. The van der Waals surface area contributed by atoms with E-state index < -0.39 is 78.9 Å². The molecule has 0 saturated heterocycles. The number of aliphatic carboxylic acids is 2. The van der Waals surface area contributed by atoms with E-state index in [1.165, 1.54) is 0 Å². The highest BCUT2D eigenvalue weighted by atomic mass is 16.4. The van der Waals surface area contributed by atoms with E-state index in [1.54, 1.807) is 37.3 Å². The number of carboxylic acids is 2. The summed E-state index contributed by atoms with van der Waals surface area (Å²) in [7, 11) is 0. The fourth-order valence-corrected chi connectivity index (χ4v) is 5.10. The molecule has 14 nitrogen and oxygen atoms in total. The number of carbonyl (C=O) groups is 7. The first-order valence-corrected chi connectivity index (χ1v) is 16.2. The number of nitrogens with two attached hydrogens (primary N) is 2. The van der Waals surface area contributed by atoms with Crippen LogP contribution in [0, 0.1) is 11.8 Å². The molecule has 0 spiro atoms. The number of amides is 3. The molecule has 0 radical (unpaired) electrons. The Morgan fingerprint density at radius 2 is 1.27 bits per heavy atom. The molecule has 3 amide bonds. The van der Waals surface area contributed by atoms with Gasteiger partial charge in [0, 0.05) is 31.7 Å². The third-order valence-electron chi connectivity index (χ3n) is 7.96. The van der Waals surface area contributed by atoms with Crippen molar-refractivity contribution in [2.75, 3.05) is 13.1 Å². The zero-order valence-corrected chi connectivity index (χ0v) is 27.6. The van der Waals surface area contributed by atoms with Crippen LogP contribution in [-0.4, -0.2) is 82.7 Å². The van der Waals surface area contributed by atoms with E-state index in [2.05, 4.69) is 16.0 Å². The predicted octanol–water partition coefficient (Wildman–Crippen LogP) is 0.744. The Hall–Kier alpha value is -4.95. The number of hydrogen-bond donors (Lipinski definition) is 7. The molecule has 0 fully saturated rings. The van der Waals surface area contributed by atoms with Crippen LogP contribution >= 0.6 is 0 Å². The van der Waals surface area contributed by atoms with E-state index >= 15 is 0 Å². The molecule has 14 heteroatoms. The SMILES string of the molecule is CC[C@H](CC(=O)[C@H](CC(=O)O)NC(=O)[C@@H](N)CNC(=O)[C@@H](CC(=O)[C@H](Cc1ccccc1)NC(=O)CCCN)Cc1ccccc1)C(=O)O. The minimum Gasteiger partial charge on any atom is -0.481 e. The average molecular weight is 682 g/mol. The summed E-state index contributed by atoms with van der Waals surface area (Å²) in [5, 5.41) is 26.2. The van der Waals surface area contributed by atoms with Crippen LogP contribution in [0.4, 0.5) is 0 Å². The van der Waals surface area contributed by atoms with Crippen molar-refractivity contribution in [3.8, 4) is 0 Å². The Bertz CT molecular complexity index is 1420. The van der Waals surface area contributed by atoms with Gasteiger partial charge in [-0.1, -0.05) is 67.6 Å². The lowest BCUT2D eigenvalue weighted by Gasteiger charge is -2.23. The molecular weight excluding hydrogens is 634 g/mol. The number of rotatable bonds is 23. The molecule has 0 aliphatic carbocycles. The number of ketones is 2. The van der Waals surface area contributed by atoms with E-state index in [1.807, 2.05) is 30.3 Å². The van der Waals surface area contributed by atoms with Crippen molar-refractivity contribution in [3.63, 3.8) is 0 Å². The summed E-state index contributed by atoms with van der Waals surface area (Å²) >= 11 is 0. The highest BCUT2D eigenvalue weighted by Gasteiger charge is 2.31. The Morgan fingerprint density at radius 1 is 0.714 bits per heavy atom. The Labute approximate surface area is 285 Å². The van der Waals surface area contributed by atoms with Crippen LogP contribution in [0.1, 0.15) is 56.6 Å². The summed E-state index contributed by atoms with van der Waals surface area (Å²) in [5.74, 6) is -7.57. The zero-order chi connectivity index (χ0) is 36.3. The summed E-state index contributed by atoms with van der Waals surface area (Å²) in [6, 6.07) is 14.3. The number of carboxylic acid groups (broad SMARTS) is 2.